The minimum atomic E-state index is 0.458. The first-order valence-corrected chi connectivity index (χ1v) is 6.39. The average molecular weight is 259 g/mol. The molecule has 18 heavy (non-hydrogen) atoms. The average Bonchev–Trinajstić information content (AvgIpc) is 2.92. The second kappa shape index (κ2) is 5.98. The van der Waals surface area contributed by atoms with E-state index < -0.39 is 0 Å². The van der Waals surface area contributed by atoms with Crippen molar-refractivity contribution in [2.24, 2.45) is 0 Å². The zero-order valence-electron chi connectivity index (χ0n) is 10.00. The Labute approximate surface area is 110 Å². The highest BCUT2D eigenvalue weighted by Gasteiger charge is 2.07. The van der Waals surface area contributed by atoms with Gasteiger partial charge in [-0.05, 0) is 17.5 Å². The van der Waals surface area contributed by atoms with Gasteiger partial charge in [0.1, 0.15) is 18.0 Å². The third-order valence-electron chi connectivity index (χ3n) is 2.38. The van der Waals surface area contributed by atoms with Crippen molar-refractivity contribution < 1.29 is 0 Å². The molecular formula is C12H13N5S. The lowest BCUT2D eigenvalue weighted by atomic mass is 10.4. The van der Waals surface area contributed by atoms with Crippen molar-refractivity contribution in [3.05, 3.63) is 29.9 Å². The van der Waals surface area contributed by atoms with E-state index in [4.69, 9.17) is 5.26 Å². The van der Waals surface area contributed by atoms with Crippen LogP contribution in [0.2, 0.25) is 0 Å². The fraction of sp³-hybridized carbons (Fsp3) is 0.250. The van der Waals surface area contributed by atoms with Crippen LogP contribution in [-0.4, -0.2) is 23.6 Å². The van der Waals surface area contributed by atoms with Gasteiger partial charge in [0.2, 0.25) is 0 Å². The SMILES string of the molecule is CN(c1cc(NCCC#N)ncn1)c1cccs1. The maximum Gasteiger partial charge on any atom is 0.138 e. The molecule has 1 N–H and O–H groups in total. The molecule has 92 valence electrons. The first-order chi connectivity index (χ1) is 8.81. The van der Waals surface area contributed by atoms with Gasteiger partial charge in [0.15, 0.2) is 0 Å². The molecule has 0 radical (unpaired) electrons. The van der Waals surface area contributed by atoms with E-state index in [1.807, 2.05) is 35.5 Å². The van der Waals surface area contributed by atoms with Crippen molar-refractivity contribution in [3.63, 3.8) is 0 Å². The first-order valence-electron chi connectivity index (χ1n) is 5.51. The van der Waals surface area contributed by atoms with E-state index in [9.17, 15) is 0 Å². The highest BCUT2D eigenvalue weighted by atomic mass is 32.1. The van der Waals surface area contributed by atoms with Crippen LogP contribution in [0.1, 0.15) is 6.42 Å². The second-order valence-electron chi connectivity index (χ2n) is 3.61. The number of nitrogens with zero attached hydrogens (tertiary/aromatic N) is 4. The number of hydrogen-bond donors (Lipinski definition) is 1. The number of nitriles is 1. The zero-order valence-corrected chi connectivity index (χ0v) is 10.8. The molecule has 0 spiro atoms. The molecule has 0 bridgehead atoms. The molecule has 0 aliphatic carbocycles. The number of nitrogens with one attached hydrogen (secondary N) is 1. The van der Waals surface area contributed by atoms with E-state index in [1.54, 1.807) is 11.3 Å². The van der Waals surface area contributed by atoms with Crippen LogP contribution in [0.3, 0.4) is 0 Å². The topological polar surface area (TPSA) is 64.8 Å². The van der Waals surface area contributed by atoms with Crippen LogP contribution in [0.4, 0.5) is 16.6 Å². The van der Waals surface area contributed by atoms with Gasteiger partial charge in [0.05, 0.1) is 17.5 Å². The number of anilines is 3. The molecule has 0 aliphatic rings. The Bertz CT molecular complexity index is 532. The number of aromatic nitrogens is 2. The van der Waals surface area contributed by atoms with Crippen LogP contribution in [0.15, 0.2) is 29.9 Å². The molecule has 0 aliphatic heterocycles. The smallest absolute Gasteiger partial charge is 0.138 e. The lowest BCUT2D eigenvalue weighted by molar-refractivity contribution is 1.03. The minimum Gasteiger partial charge on any atom is -0.369 e. The Morgan fingerprint density at radius 1 is 1.50 bits per heavy atom. The molecule has 0 atom stereocenters. The Kier molecular flexibility index (Phi) is 4.10. The Morgan fingerprint density at radius 2 is 2.39 bits per heavy atom. The van der Waals surface area contributed by atoms with Gasteiger partial charge < -0.3 is 10.2 Å². The summed E-state index contributed by atoms with van der Waals surface area (Å²) in [4.78, 5) is 10.4. The Balaban J connectivity index is 2.10. The number of rotatable bonds is 5. The van der Waals surface area contributed by atoms with Gasteiger partial charge in [0.25, 0.3) is 0 Å². The van der Waals surface area contributed by atoms with E-state index >= 15 is 0 Å². The predicted octanol–water partition coefficient (Wildman–Crippen LogP) is 2.63. The second-order valence-corrected chi connectivity index (χ2v) is 4.53. The van der Waals surface area contributed by atoms with Gasteiger partial charge in [-0.2, -0.15) is 5.26 Å². The predicted molar refractivity (Wildman–Crippen MR) is 73.1 cm³/mol. The van der Waals surface area contributed by atoms with Crippen molar-refractivity contribution in [3.8, 4) is 6.07 Å². The third kappa shape index (κ3) is 2.96. The maximum absolute atomic E-state index is 8.48. The Hall–Kier alpha value is -2.13. The van der Waals surface area contributed by atoms with Crippen molar-refractivity contribution in [1.82, 2.24) is 9.97 Å². The van der Waals surface area contributed by atoms with Crippen LogP contribution >= 0.6 is 11.3 Å². The molecule has 0 amide bonds. The Morgan fingerprint density at radius 3 is 3.11 bits per heavy atom. The lowest BCUT2D eigenvalue weighted by Crippen LogP contribution is -2.11. The molecule has 2 heterocycles. The van der Waals surface area contributed by atoms with Gasteiger partial charge in [-0.1, -0.05) is 0 Å². The van der Waals surface area contributed by atoms with E-state index in [2.05, 4.69) is 21.4 Å². The molecule has 0 saturated heterocycles. The molecule has 2 aromatic heterocycles. The normalized spacial score (nSPS) is 9.78. The summed E-state index contributed by atoms with van der Waals surface area (Å²) in [7, 11) is 1.97. The lowest BCUT2D eigenvalue weighted by Gasteiger charge is -2.16. The van der Waals surface area contributed by atoms with Crippen molar-refractivity contribution in [2.75, 3.05) is 23.8 Å². The van der Waals surface area contributed by atoms with Crippen LogP contribution in [0.25, 0.3) is 0 Å². The van der Waals surface area contributed by atoms with E-state index in [1.165, 1.54) is 6.33 Å². The summed E-state index contributed by atoms with van der Waals surface area (Å²) >= 11 is 1.66. The molecule has 0 fully saturated rings. The molecule has 0 aromatic carbocycles. The maximum atomic E-state index is 8.48. The van der Waals surface area contributed by atoms with Crippen LogP contribution < -0.4 is 10.2 Å². The quantitative estimate of drug-likeness (QED) is 0.836. The highest BCUT2D eigenvalue weighted by Crippen LogP contribution is 2.26. The van der Waals surface area contributed by atoms with Gasteiger partial charge in [-0.3, -0.25) is 0 Å². The molecule has 2 aromatic rings. The van der Waals surface area contributed by atoms with Gasteiger partial charge in [0, 0.05) is 19.7 Å². The summed E-state index contributed by atoms with van der Waals surface area (Å²) in [5.41, 5.74) is 0. The third-order valence-corrected chi connectivity index (χ3v) is 3.32. The van der Waals surface area contributed by atoms with Gasteiger partial charge in [-0.25, -0.2) is 9.97 Å². The molecule has 6 heteroatoms. The molecule has 0 unspecified atom stereocenters. The largest absolute Gasteiger partial charge is 0.369 e. The fourth-order valence-electron chi connectivity index (χ4n) is 1.45. The van der Waals surface area contributed by atoms with Crippen LogP contribution in [-0.2, 0) is 0 Å². The zero-order chi connectivity index (χ0) is 12.8. The summed E-state index contributed by atoms with van der Waals surface area (Å²) in [6.45, 7) is 0.593. The van der Waals surface area contributed by atoms with E-state index in [0.29, 0.717) is 13.0 Å². The van der Waals surface area contributed by atoms with Crippen molar-refractivity contribution in [2.45, 2.75) is 6.42 Å². The summed E-state index contributed by atoms with van der Waals surface area (Å²) in [5.74, 6) is 1.56. The standard InChI is InChI=1S/C12H13N5S/c1-17(12-4-2-7-18-12)11-8-10(15-9-16-11)14-6-3-5-13/h2,4,7-9H,3,6H2,1H3,(H,14,15,16). The molecular weight excluding hydrogens is 246 g/mol. The number of thiophene rings is 1. The van der Waals surface area contributed by atoms with E-state index in [0.717, 1.165) is 16.6 Å². The number of hydrogen-bond acceptors (Lipinski definition) is 6. The minimum absolute atomic E-state index is 0.458. The summed E-state index contributed by atoms with van der Waals surface area (Å²) in [6, 6.07) is 8.00. The van der Waals surface area contributed by atoms with Crippen LogP contribution in [0, 0.1) is 11.3 Å². The summed E-state index contributed by atoms with van der Waals surface area (Å²) in [6.07, 6.45) is 1.98. The van der Waals surface area contributed by atoms with Crippen molar-refractivity contribution >= 4 is 28.0 Å². The fourth-order valence-corrected chi connectivity index (χ4v) is 2.15. The first kappa shape index (κ1) is 12.3. The van der Waals surface area contributed by atoms with Gasteiger partial charge >= 0.3 is 0 Å². The highest BCUT2D eigenvalue weighted by molar-refractivity contribution is 7.14. The van der Waals surface area contributed by atoms with Crippen molar-refractivity contribution in [1.29, 1.82) is 5.26 Å². The van der Waals surface area contributed by atoms with Gasteiger partial charge in [-0.15, -0.1) is 11.3 Å². The molecule has 0 saturated carbocycles. The summed E-state index contributed by atoms with van der Waals surface area (Å²) < 4.78 is 0. The monoisotopic (exact) mass is 259 g/mol. The van der Waals surface area contributed by atoms with E-state index in [-0.39, 0.29) is 0 Å². The van der Waals surface area contributed by atoms with Crippen LogP contribution in [0.5, 0.6) is 0 Å². The molecule has 2 rings (SSSR count). The summed E-state index contributed by atoms with van der Waals surface area (Å²) in [5, 5.41) is 14.7. The molecule has 5 nitrogen and oxygen atoms in total.